The minimum Gasteiger partial charge on any atom is -0.381 e. The van der Waals surface area contributed by atoms with Crippen LogP contribution in [0.25, 0.3) is 0 Å². The highest BCUT2D eigenvalue weighted by Crippen LogP contribution is 2.24. The van der Waals surface area contributed by atoms with E-state index in [-0.39, 0.29) is 17.9 Å². The summed E-state index contributed by atoms with van der Waals surface area (Å²) in [4.78, 5) is 11.8. The molecule has 0 aromatic heterocycles. The Morgan fingerprint density at radius 1 is 1.24 bits per heavy atom. The van der Waals surface area contributed by atoms with Crippen LogP contribution in [0.1, 0.15) is 38.5 Å². The quantitative estimate of drug-likeness (QED) is 0.772. The van der Waals surface area contributed by atoms with Gasteiger partial charge in [-0.3, -0.25) is 4.79 Å². The minimum absolute atomic E-state index is 0.166. The van der Waals surface area contributed by atoms with E-state index in [9.17, 15) is 4.79 Å². The van der Waals surface area contributed by atoms with Crippen molar-refractivity contribution in [2.45, 2.75) is 44.6 Å². The van der Waals surface area contributed by atoms with E-state index in [0.29, 0.717) is 0 Å². The number of ether oxygens (including phenoxy) is 1. The molecule has 0 aromatic rings. The monoisotopic (exact) mass is 240 g/mol. The third-order valence-corrected chi connectivity index (χ3v) is 4.04. The largest absolute Gasteiger partial charge is 0.381 e. The summed E-state index contributed by atoms with van der Waals surface area (Å²) in [5.41, 5.74) is 5.81. The van der Waals surface area contributed by atoms with Crippen molar-refractivity contribution in [2.75, 3.05) is 19.8 Å². The first-order valence-corrected chi connectivity index (χ1v) is 6.86. The molecule has 2 unspecified atom stereocenters. The zero-order valence-corrected chi connectivity index (χ0v) is 10.5. The van der Waals surface area contributed by atoms with Gasteiger partial charge < -0.3 is 15.8 Å². The van der Waals surface area contributed by atoms with Crippen molar-refractivity contribution in [1.29, 1.82) is 0 Å². The molecule has 1 aliphatic carbocycles. The predicted octanol–water partition coefficient (Wildman–Crippen LogP) is 1.05. The molecule has 0 aromatic carbocycles. The number of hydrogen-bond acceptors (Lipinski definition) is 3. The van der Waals surface area contributed by atoms with Crippen LogP contribution in [-0.4, -0.2) is 31.7 Å². The van der Waals surface area contributed by atoms with E-state index >= 15 is 0 Å². The summed E-state index contributed by atoms with van der Waals surface area (Å²) in [6.07, 6.45) is 6.20. The highest BCUT2D eigenvalue weighted by atomic mass is 16.5. The summed E-state index contributed by atoms with van der Waals surface area (Å²) in [6, 6.07) is 0.237. The first kappa shape index (κ1) is 12.8. The summed E-state index contributed by atoms with van der Waals surface area (Å²) in [5, 5.41) is 3.06. The van der Waals surface area contributed by atoms with Crippen LogP contribution in [0.3, 0.4) is 0 Å². The Balaban J connectivity index is 1.59. The maximum Gasteiger partial charge on any atom is 0.223 e. The maximum absolute atomic E-state index is 11.8. The fourth-order valence-electron chi connectivity index (χ4n) is 2.83. The lowest BCUT2D eigenvalue weighted by molar-refractivity contribution is -0.124. The third kappa shape index (κ3) is 3.96. The van der Waals surface area contributed by atoms with Gasteiger partial charge in [-0.1, -0.05) is 0 Å². The van der Waals surface area contributed by atoms with Gasteiger partial charge in [-0.2, -0.15) is 0 Å². The Labute approximate surface area is 103 Å². The Kier molecular flexibility index (Phi) is 4.80. The second-order valence-electron chi connectivity index (χ2n) is 5.41. The number of carbonyl (C=O) groups is 1. The second-order valence-corrected chi connectivity index (χ2v) is 5.41. The molecule has 2 rings (SSSR count). The number of nitrogens with one attached hydrogen (secondary N) is 1. The molecule has 0 bridgehead atoms. The lowest BCUT2D eigenvalue weighted by Gasteiger charge is -2.22. The van der Waals surface area contributed by atoms with E-state index in [1.165, 1.54) is 0 Å². The molecule has 1 amide bonds. The summed E-state index contributed by atoms with van der Waals surface area (Å²) in [6.45, 7) is 2.58. The number of carbonyl (C=O) groups excluding carboxylic acids is 1. The van der Waals surface area contributed by atoms with Crippen molar-refractivity contribution in [3.8, 4) is 0 Å². The summed E-state index contributed by atoms with van der Waals surface area (Å²) in [5.74, 6) is 1.11. The van der Waals surface area contributed by atoms with E-state index in [2.05, 4.69) is 5.32 Å². The van der Waals surface area contributed by atoms with Gasteiger partial charge in [-0.05, 0) is 44.4 Å². The molecule has 0 radical (unpaired) electrons. The van der Waals surface area contributed by atoms with E-state index in [1.807, 2.05) is 0 Å². The minimum atomic E-state index is 0.166. The van der Waals surface area contributed by atoms with Gasteiger partial charge in [0.2, 0.25) is 5.91 Å². The molecule has 0 spiro atoms. The maximum atomic E-state index is 11.8. The predicted molar refractivity (Wildman–Crippen MR) is 66.5 cm³/mol. The van der Waals surface area contributed by atoms with E-state index in [4.69, 9.17) is 10.5 Å². The molecule has 2 atom stereocenters. The van der Waals surface area contributed by atoms with Crippen molar-refractivity contribution in [2.24, 2.45) is 17.6 Å². The van der Waals surface area contributed by atoms with Crippen LogP contribution < -0.4 is 11.1 Å². The Morgan fingerprint density at radius 2 is 2.00 bits per heavy atom. The van der Waals surface area contributed by atoms with E-state index in [1.54, 1.807) is 0 Å². The molecular weight excluding hydrogens is 216 g/mol. The SMILES string of the molecule is NC1CCC(C(=O)NCCC2CCOCC2)C1. The Bertz CT molecular complexity index is 252. The first-order valence-electron chi connectivity index (χ1n) is 6.86. The van der Waals surface area contributed by atoms with Gasteiger partial charge >= 0.3 is 0 Å². The van der Waals surface area contributed by atoms with Crippen molar-refractivity contribution in [3.05, 3.63) is 0 Å². The van der Waals surface area contributed by atoms with Crippen molar-refractivity contribution in [1.82, 2.24) is 5.32 Å². The van der Waals surface area contributed by atoms with Crippen LogP contribution in [0.4, 0.5) is 0 Å². The summed E-state index contributed by atoms with van der Waals surface area (Å²) in [7, 11) is 0. The van der Waals surface area contributed by atoms with Crippen LogP contribution >= 0.6 is 0 Å². The lowest BCUT2D eigenvalue weighted by Crippen LogP contribution is -2.32. The molecule has 1 aliphatic heterocycles. The second kappa shape index (κ2) is 6.36. The molecule has 98 valence electrons. The van der Waals surface area contributed by atoms with Crippen molar-refractivity contribution in [3.63, 3.8) is 0 Å². The zero-order chi connectivity index (χ0) is 12.1. The molecule has 3 N–H and O–H groups in total. The number of hydrogen-bond donors (Lipinski definition) is 2. The normalized spacial score (nSPS) is 30.4. The van der Waals surface area contributed by atoms with Crippen molar-refractivity contribution >= 4 is 5.91 Å². The summed E-state index contributed by atoms with van der Waals surface area (Å²) >= 11 is 0. The molecule has 17 heavy (non-hydrogen) atoms. The third-order valence-electron chi connectivity index (χ3n) is 4.04. The van der Waals surface area contributed by atoms with Crippen molar-refractivity contribution < 1.29 is 9.53 Å². The molecule has 2 aliphatic rings. The van der Waals surface area contributed by atoms with Gasteiger partial charge in [0, 0.05) is 31.7 Å². The average molecular weight is 240 g/mol. The Morgan fingerprint density at radius 3 is 2.65 bits per heavy atom. The lowest BCUT2D eigenvalue weighted by atomic mass is 9.96. The number of nitrogens with two attached hydrogens (primary N) is 1. The smallest absolute Gasteiger partial charge is 0.223 e. The molecule has 2 fully saturated rings. The number of rotatable bonds is 4. The average Bonchev–Trinajstić information content (AvgIpc) is 2.77. The Hall–Kier alpha value is -0.610. The van der Waals surface area contributed by atoms with Crippen LogP contribution in [0, 0.1) is 11.8 Å². The van der Waals surface area contributed by atoms with E-state index in [0.717, 1.165) is 64.2 Å². The fraction of sp³-hybridized carbons (Fsp3) is 0.923. The van der Waals surface area contributed by atoms with Crippen LogP contribution in [0.5, 0.6) is 0 Å². The topological polar surface area (TPSA) is 64.4 Å². The van der Waals surface area contributed by atoms with E-state index < -0.39 is 0 Å². The summed E-state index contributed by atoms with van der Waals surface area (Å²) < 4.78 is 5.32. The van der Waals surface area contributed by atoms with Gasteiger partial charge in [0.25, 0.3) is 0 Å². The van der Waals surface area contributed by atoms with Gasteiger partial charge in [-0.15, -0.1) is 0 Å². The van der Waals surface area contributed by atoms with Crippen LogP contribution in [0.15, 0.2) is 0 Å². The highest BCUT2D eigenvalue weighted by molar-refractivity contribution is 5.78. The van der Waals surface area contributed by atoms with Gasteiger partial charge in [0.15, 0.2) is 0 Å². The molecule has 4 heteroatoms. The standard InChI is InChI=1S/C13H24N2O2/c14-12-2-1-11(9-12)13(16)15-6-3-10-4-7-17-8-5-10/h10-12H,1-9,14H2,(H,15,16). The molecule has 1 saturated heterocycles. The molecular formula is C13H24N2O2. The fourth-order valence-corrected chi connectivity index (χ4v) is 2.83. The zero-order valence-electron chi connectivity index (χ0n) is 10.5. The molecule has 4 nitrogen and oxygen atoms in total. The van der Waals surface area contributed by atoms with Gasteiger partial charge in [0.1, 0.15) is 0 Å². The van der Waals surface area contributed by atoms with Gasteiger partial charge in [0.05, 0.1) is 0 Å². The van der Waals surface area contributed by atoms with Gasteiger partial charge in [-0.25, -0.2) is 0 Å². The number of amides is 1. The van der Waals surface area contributed by atoms with Crippen LogP contribution in [0.2, 0.25) is 0 Å². The first-order chi connectivity index (χ1) is 8.25. The molecule has 1 saturated carbocycles. The highest BCUT2D eigenvalue weighted by Gasteiger charge is 2.27. The van der Waals surface area contributed by atoms with Crippen LogP contribution in [-0.2, 0) is 9.53 Å². The molecule has 1 heterocycles.